The summed E-state index contributed by atoms with van der Waals surface area (Å²) in [5, 5.41) is 0.501. The molecule has 0 radical (unpaired) electrons. The first-order valence-corrected chi connectivity index (χ1v) is 11.4. The third kappa shape index (κ3) is 3.78. The highest BCUT2D eigenvalue weighted by molar-refractivity contribution is 8.15. The number of carbonyl (C=O) groups excluding carboxylic acids is 2. The van der Waals surface area contributed by atoms with Crippen molar-refractivity contribution in [3.05, 3.63) is 83.8 Å². The predicted octanol–water partition coefficient (Wildman–Crippen LogP) is 5.81. The minimum atomic E-state index is -1.13. The van der Waals surface area contributed by atoms with Crippen LogP contribution in [0.2, 0.25) is 0 Å². The highest BCUT2D eigenvalue weighted by Gasteiger charge is 2.37. The fourth-order valence-corrected chi connectivity index (χ4v) is 4.90. The van der Waals surface area contributed by atoms with E-state index in [4.69, 9.17) is 9.47 Å². The average molecular weight is 462 g/mol. The maximum absolute atomic E-state index is 14.8. The lowest BCUT2D eigenvalue weighted by atomic mass is 9.96. The van der Waals surface area contributed by atoms with Gasteiger partial charge in [0, 0.05) is 22.7 Å². The number of Topliss-reactive ketones (excluding diaryl/α,β-unsaturated/α-hetero) is 1. The standard InChI is InChI=1S/C26H20FNO4S/c1-15-7-9-16(10-8-15)28-13-24(17-5-3-4-6-20(17)28)32-23-11-18(19(27)12-22(23)31-2)25-21(29)14-33-26(25)30/h3-13,25H,14H2,1-2H3. The summed E-state index contributed by atoms with van der Waals surface area (Å²) in [5.74, 6) is -1.11. The Bertz CT molecular complexity index is 1380. The van der Waals surface area contributed by atoms with Gasteiger partial charge in [-0.3, -0.25) is 9.59 Å². The van der Waals surface area contributed by atoms with Gasteiger partial charge in [-0.05, 0) is 37.3 Å². The lowest BCUT2D eigenvalue weighted by Gasteiger charge is -2.14. The zero-order valence-corrected chi connectivity index (χ0v) is 18.8. The molecule has 0 saturated carbocycles. The van der Waals surface area contributed by atoms with E-state index in [2.05, 4.69) is 0 Å². The van der Waals surface area contributed by atoms with Gasteiger partial charge in [0.2, 0.25) is 5.12 Å². The maximum Gasteiger partial charge on any atom is 0.204 e. The topological polar surface area (TPSA) is 57.5 Å². The van der Waals surface area contributed by atoms with Crippen LogP contribution in [0.1, 0.15) is 17.0 Å². The van der Waals surface area contributed by atoms with Gasteiger partial charge in [-0.1, -0.05) is 41.6 Å². The number of rotatable bonds is 5. The van der Waals surface area contributed by atoms with Crippen LogP contribution in [0.25, 0.3) is 16.6 Å². The Kier molecular flexibility index (Phi) is 5.42. The van der Waals surface area contributed by atoms with Gasteiger partial charge in [-0.15, -0.1) is 0 Å². The van der Waals surface area contributed by atoms with Crippen LogP contribution in [-0.4, -0.2) is 28.3 Å². The number of halogens is 1. The van der Waals surface area contributed by atoms with Crippen LogP contribution in [0.5, 0.6) is 17.2 Å². The number of thioether (sulfide) groups is 1. The van der Waals surface area contributed by atoms with Gasteiger partial charge < -0.3 is 14.0 Å². The first kappa shape index (κ1) is 21.3. The van der Waals surface area contributed by atoms with Crippen LogP contribution in [-0.2, 0) is 9.59 Å². The molecule has 1 atom stereocenters. The maximum atomic E-state index is 14.8. The molecule has 4 aromatic rings. The quantitative estimate of drug-likeness (QED) is 0.351. The molecule has 1 fully saturated rings. The number of carbonyl (C=O) groups is 2. The first-order chi connectivity index (χ1) is 16.0. The van der Waals surface area contributed by atoms with Crippen molar-refractivity contribution in [2.75, 3.05) is 12.9 Å². The van der Waals surface area contributed by atoms with Gasteiger partial charge in [0.15, 0.2) is 23.0 Å². The van der Waals surface area contributed by atoms with Crippen LogP contribution in [0.4, 0.5) is 4.39 Å². The van der Waals surface area contributed by atoms with E-state index in [1.165, 1.54) is 13.2 Å². The molecule has 5 nitrogen and oxygen atoms in total. The number of methoxy groups -OCH3 is 1. The molecule has 7 heteroatoms. The molecule has 1 saturated heterocycles. The number of ether oxygens (including phenoxy) is 2. The van der Waals surface area contributed by atoms with Gasteiger partial charge in [-0.2, -0.15) is 0 Å². The summed E-state index contributed by atoms with van der Waals surface area (Å²) in [4.78, 5) is 24.5. The molecule has 1 unspecified atom stereocenters. The van der Waals surface area contributed by atoms with Gasteiger partial charge in [0.1, 0.15) is 11.7 Å². The summed E-state index contributed by atoms with van der Waals surface area (Å²) in [6, 6.07) is 18.5. The monoisotopic (exact) mass is 461 g/mol. The van der Waals surface area contributed by atoms with Crippen molar-refractivity contribution in [2.45, 2.75) is 12.8 Å². The molecule has 5 rings (SSSR count). The second-order valence-electron chi connectivity index (χ2n) is 7.85. The van der Waals surface area contributed by atoms with Crippen molar-refractivity contribution in [1.82, 2.24) is 4.57 Å². The van der Waals surface area contributed by atoms with Crippen LogP contribution < -0.4 is 9.47 Å². The largest absolute Gasteiger partial charge is 0.493 e. The molecule has 3 aromatic carbocycles. The van der Waals surface area contributed by atoms with Gasteiger partial charge in [-0.25, -0.2) is 4.39 Å². The lowest BCUT2D eigenvalue weighted by Crippen LogP contribution is -2.14. The van der Waals surface area contributed by atoms with E-state index in [0.717, 1.165) is 40.0 Å². The molecule has 1 aliphatic heterocycles. The zero-order chi connectivity index (χ0) is 23.1. The molecule has 2 heterocycles. The molecule has 0 spiro atoms. The number of ketones is 1. The summed E-state index contributed by atoms with van der Waals surface area (Å²) >= 11 is 0.910. The average Bonchev–Trinajstić information content (AvgIpc) is 3.35. The smallest absolute Gasteiger partial charge is 0.204 e. The van der Waals surface area contributed by atoms with E-state index in [1.807, 2.05) is 66.2 Å². The molecular weight excluding hydrogens is 441 g/mol. The number of fused-ring (bicyclic) bond motifs is 1. The van der Waals surface area contributed by atoms with Crippen LogP contribution in [0.3, 0.4) is 0 Å². The Hall–Kier alpha value is -3.58. The molecule has 33 heavy (non-hydrogen) atoms. The molecule has 0 N–H and O–H groups in total. The number of nitrogens with zero attached hydrogens (tertiary/aromatic N) is 1. The highest BCUT2D eigenvalue weighted by atomic mass is 32.2. The van der Waals surface area contributed by atoms with Crippen LogP contribution >= 0.6 is 11.8 Å². The van der Waals surface area contributed by atoms with Gasteiger partial charge in [0.05, 0.1) is 24.6 Å². The van der Waals surface area contributed by atoms with E-state index in [-0.39, 0.29) is 33.7 Å². The summed E-state index contributed by atoms with van der Waals surface area (Å²) in [7, 11) is 1.42. The summed E-state index contributed by atoms with van der Waals surface area (Å²) in [6.45, 7) is 2.03. The van der Waals surface area contributed by atoms with Crippen molar-refractivity contribution in [1.29, 1.82) is 0 Å². The Labute approximate surface area is 194 Å². The zero-order valence-electron chi connectivity index (χ0n) is 18.0. The number of aryl methyl sites for hydroxylation is 1. The minimum absolute atomic E-state index is 0.00747. The summed E-state index contributed by atoms with van der Waals surface area (Å²) < 4.78 is 28.4. The fraction of sp³-hybridized carbons (Fsp3) is 0.154. The number of hydrogen-bond donors (Lipinski definition) is 0. The van der Waals surface area contributed by atoms with E-state index in [1.54, 1.807) is 0 Å². The van der Waals surface area contributed by atoms with Crippen LogP contribution in [0, 0.1) is 12.7 Å². The number of aromatic nitrogens is 1. The van der Waals surface area contributed by atoms with Crippen molar-refractivity contribution >= 4 is 33.6 Å². The molecular formula is C26H20FNO4S. The van der Waals surface area contributed by atoms with E-state index in [0.29, 0.717) is 5.75 Å². The Morgan fingerprint density at radius 2 is 1.76 bits per heavy atom. The first-order valence-electron chi connectivity index (χ1n) is 10.4. The molecule has 0 aliphatic carbocycles. The van der Waals surface area contributed by atoms with E-state index >= 15 is 0 Å². The Morgan fingerprint density at radius 1 is 1.00 bits per heavy atom. The molecule has 1 aromatic heterocycles. The van der Waals surface area contributed by atoms with Gasteiger partial charge >= 0.3 is 0 Å². The summed E-state index contributed by atoms with van der Waals surface area (Å²) in [6.07, 6.45) is 1.86. The Balaban J connectivity index is 1.61. The molecule has 1 aliphatic rings. The van der Waals surface area contributed by atoms with Crippen molar-refractivity contribution < 1.29 is 23.5 Å². The lowest BCUT2D eigenvalue weighted by molar-refractivity contribution is -0.122. The third-order valence-electron chi connectivity index (χ3n) is 5.72. The Morgan fingerprint density at radius 3 is 2.45 bits per heavy atom. The number of hydrogen-bond acceptors (Lipinski definition) is 5. The van der Waals surface area contributed by atoms with Crippen LogP contribution in [0.15, 0.2) is 66.9 Å². The predicted molar refractivity (Wildman–Crippen MR) is 126 cm³/mol. The molecule has 0 amide bonds. The minimum Gasteiger partial charge on any atom is -0.493 e. The highest BCUT2D eigenvalue weighted by Crippen LogP contribution is 2.42. The number of para-hydroxylation sites is 1. The second-order valence-corrected chi connectivity index (χ2v) is 8.83. The number of benzene rings is 3. The van der Waals surface area contributed by atoms with E-state index in [9.17, 15) is 14.0 Å². The summed E-state index contributed by atoms with van der Waals surface area (Å²) in [5.41, 5.74) is 3.07. The normalized spacial score (nSPS) is 15.9. The van der Waals surface area contributed by atoms with Crippen molar-refractivity contribution in [3.63, 3.8) is 0 Å². The fourth-order valence-electron chi connectivity index (χ4n) is 4.02. The third-order valence-corrected chi connectivity index (χ3v) is 6.66. The molecule has 166 valence electrons. The van der Waals surface area contributed by atoms with E-state index < -0.39 is 11.7 Å². The van der Waals surface area contributed by atoms with Crippen molar-refractivity contribution in [3.8, 4) is 22.9 Å². The van der Waals surface area contributed by atoms with Crippen molar-refractivity contribution in [2.24, 2.45) is 0 Å². The SMILES string of the molecule is COc1cc(F)c(C2C(=O)CSC2=O)cc1Oc1cn(-c2ccc(C)cc2)c2ccccc12. The second kappa shape index (κ2) is 8.41. The molecule has 0 bridgehead atoms. The van der Waals surface area contributed by atoms with Gasteiger partial charge in [0.25, 0.3) is 0 Å².